The predicted octanol–water partition coefficient (Wildman–Crippen LogP) is 2.42. The van der Waals surface area contributed by atoms with Gasteiger partial charge in [0.1, 0.15) is 11.5 Å². The Morgan fingerprint density at radius 3 is 2.52 bits per heavy atom. The molecule has 1 aliphatic carbocycles. The number of aryl methyl sites for hydroxylation is 2. The second-order valence-electron chi connectivity index (χ2n) is 5.75. The Balaban J connectivity index is 1.81. The van der Waals surface area contributed by atoms with Crippen LogP contribution in [0.5, 0.6) is 0 Å². The molecule has 21 heavy (non-hydrogen) atoms. The third-order valence-electron chi connectivity index (χ3n) is 4.00. The minimum Gasteiger partial charge on any atom is -0.466 e. The lowest BCUT2D eigenvalue weighted by Crippen LogP contribution is -2.51. The van der Waals surface area contributed by atoms with Crippen LogP contribution in [0.1, 0.15) is 54.5 Å². The lowest BCUT2D eigenvalue weighted by atomic mass is 9.86. The van der Waals surface area contributed by atoms with Gasteiger partial charge in [0.25, 0.3) is 5.91 Å². The predicted molar refractivity (Wildman–Crippen MR) is 78.7 cm³/mol. The molecule has 1 aromatic heterocycles. The first-order chi connectivity index (χ1) is 9.97. The Bertz CT molecular complexity index is 524. The number of nitrogens with one attached hydrogen (secondary N) is 3. The van der Waals surface area contributed by atoms with Gasteiger partial charge in [0.2, 0.25) is 0 Å². The molecule has 0 spiro atoms. The summed E-state index contributed by atoms with van der Waals surface area (Å²) in [5.74, 6) is 1.29. The van der Waals surface area contributed by atoms with Gasteiger partial charge < -0.3 is 9.73 Å². The number of hydrogen-bond acceptors (Lipinski definition) is 3. The van der Waals surface area contributed by atoms with Crippen LogP contribution >= 0.6 is 0 Å². The smallest absolute Gasteiger partial charge is 0.333 e. The van der Waals surface area contributed by atoms with Crippen LogP contribution in [0.4, 0.5) is 4.79 Å². The summed E-state index contributed by atoms with van der Waals surface area (Å²) >= 11 is 0. The third-order valence-corrected chi connectivity index (χ3v) is 4.00. The first-order valence-corrected chi connectivity index (χ1v) is 7.41. The molecule has 2 atom stereocenters. The van der Waals surface area contributed by atoms with E-state index in [4.69, 9.17) is 4.42 Å². The highest BCUT2D eigenvalue weighted by Crippen LogP contribution is 2.23. The minimum absolute atomic E-state index is 0.175. The molecule has 0 bridgehead atoms. The van der Waals surface area contributed by atoms with E-state index >= 15 is 0 Å². The molecule has 1 aliphatic rings. The van der Waals surface area contributed by atoms with Gasteiger partial charge in [-0.05, 0) is 38.7 Å². The van der Waals surface area contributed by atoms with E-state index in [-0.39, 0.29) is 18.0 Å². The summed E-state index contributed by atoms with van der Waals surface area (Å²) in [4.78, 5) is 23.7. The fourth-order valence-electron chi connectivity index (χ4n) is 2.77. The van der Waals surface area contributed by atoms with Crippen molar-refractivity contribution in [3.63, 3.8) is 0 Å². The van der Waals surface area contributed by atoms with Crippen LogP contribution in [0.3, 0.4) is 0 Å². The van der Waals surface area contributed by atoms with Gasteiger partial charge in [0, 0.05) is 6.04 Å². The number of amides is 3. The molecule has 0 aromatic carbocycles. The van der Waals surface area contributed by atoms with Crippen molar-refractivity contribution in [1.29, 1.82) is 0 Å². The van der Waals surface area contributed by atoms with Crippen molar-refractivity contribution in [1.82, 2.24) is 16.2 Å². The van der Waals surface area contributed by atoms with E-state index in [1.807, 2.05) is 0 Å². The van der Waals surface area contributed by atoms with Crippen molar-refractivity contribution in [2.75, 3.05) is 0 Å². The Labute approximate surface area is 124 Å². The number of hydrogen-bond donors (Lipinski definition) is 3. The molecule has 6 nitrogen and oxygen atoms in total. The molecule has 6 heteroatoms. The maximum atomic E-state index is 11.9. The van der Waals surface area contributed by atoms with Crippen molar-refractivity contribution in [3.8, 4) is 0 Å². The van der Waals surface area contributed by atoms with E-state index in [1.54, 1.807) is 19.9 Å². The van der Waals surface area contributed by atoms with E-state index in [0.717, 1.165) is 19.3 Å². The SMILES string of the molecule is Cc1cc(C(=O)NNC(=O)NC2CCCCC2C)c(C)o1. The summed E-state index contributed by atoms with van der Waals surface area (Å²) in [6.45, 7) is 5.63. The third kappa shape index (κ3) is 4.00. The van der Waals surface area contributed by atoms with Crippen molar-refractivity contribution in [3.05, 3.63) is 23.2 Å². The van der Waals surface area contributed by atoms with Crippen molar-refractivity contribution < 1.29 is 14.0 Å². The summed E-state index contributed by atoms with van der Waals surface area (Å²) in [5.41, 5.74) is 5.22. The topological polar surface area (TPSA) is 83.4 Å². The summed E-state index contributed by atoms with van der Waals surface area (Å²) in [6, 6.07) is 1.45. The van der Waals surface area contributed by atoms with E-state index in [0.29, 0.717) is 23.0 Å². The first-order valence-electron chi connectivity index (χ1n) is 7.41. The van der Waals surface area contributed by atoms with Gasteiger partial charge in [0.05, 0.1) is 5.56 Å². The quantitative estimate of drug-likeness (QED) is 0.732. The molecule has 3 amide bonds. The van der Waals surface area contributed by atoms with E-state index in [9.17, 15) is 9.59 Å². The molecule has 1 aromatic rings. The molecule has 116 valence electrons. The number of rotatable bonds is 2. The zero-order chi connectivity index (χ0) is 15.4. The monoisotopic (exact) mass is 293 g/mol. The molecular weight excluding hydrogens is 270 g/mol. The van der Waals surface area contributed by atoms with Crippen LogP contribution in [-0.4, -0.2) is 18.0 Å². The molecule has 0 radical (unpaired) electrons. The Morgan fingerprint density at radius 1 is 1.19 bits per heavy atom. The standard InChI is InChI=1S/C15H23N3O3/c1-9-6-4-5-7-13(9)16-15(20)18-17-14(19)12-8-10(2)21-11(12)3/h8-9,13H,4-7H2,1-3H3,(H,17,19)(H2,16,18,20). The van der Waals surface area contributed by atoms with Crippen LogP contribution in [-0.2, 0) is 0 Å². The number of hydrazine groups is 1. The van der Waals surface area contributed by atoms with Gasteiger partial charge in [-0.1, -0.05) is 19.8 Å². The molecule has 1 saturated carbocycles. The Hall–Kier alpha value is -1.98. The van der Waals surface area contributed by atoms with Gasteiger partial charge in [-0.15, -0.1) is 0 Å². The van der Waals surface area contributed by atoms with Crippen LogP contribution in [0.25, 0.3) is 0 Å². The van der Waals surface area contributed by atoms with Crippen molar-refractivity contribution in [2.45, 2.75) is 52.5 Å². The van der Waals surface area contributed by atoms with Crippen LogP contribution in [0, 0.1) is 19.8 Å². The average molecular weight is 293 g/mol. The largest absolute Gasteiger partial charge is 0.466 e. The Morgan fingerprint density at radius 2 is 1.90 bits per heavy atom. The molecule has 3 N–H and O–H groups in total. The molecule has 1 heterocycles. The maximum absolute atomic E-state index is 11.9. The summed E-state index contributed by atoms with van der Waals surface area (Å²) in [5, 5.41) is 2.91. The molecule has 2 rings (SSSR count). The fourth-order valence-corrected chi connectivity index (χ4v) is 2.77. The molecule has 1 fully saturated rings. The van der Waals surface area contributed by atoms with Crippen LogP contribution in [0.15, 0.2) is 10.5 Å². The van der Waals surface area contributed by atoms with E-state index in [1.165, 1.54) is 6.42 Å². The molecule has 2 unspecified atom stereocenters. The number of furan rings is 1. The zero-order valence-corrected chi connectivity index (χ0v) is 12.8. The average Bonchev–Trinajstić information content (AvgIpc) is 2.78. The number of carbonyl (C=O) groups excluding carboxylic acids is 2. The fraction of sp³-hybridized carbons (Fsp3) is 0.600. The summed E-state index contributed by atoms with van der Waals surface area (Å²) in [7, 11) is 0. The first kappa shape index (κ1) is 15.4. The number of urea groups is 1. The number of carbonyl (C=O) groups is 2. The van der Waals surface area contributed by atoms with E-state index < -0.39 is 0 Å². The Kier molecular flexibility index (Phi) is 4.88. The molecular formula is C15H23N3O3. The summed E-state index contributed by atoms with van der Waals surface area (Å²) < 4.78 is 5.29. The molecule has 0 saturated heterocycles. The van der Waals surface area contributed by atoms with E-state index in [2.05, 4.69) is 23.1 Å². The van der Waals surface area contributed by atoms with Crippen molar-refractivity contribution >= 4 is 11.9 Å². The molecule has 0 aliphatic heterocycles. The second-order valence-corrected chi connectivity index (χ2v) is 5.75. The van der Waals surface area contributed by atoms with Gasteiger partial charge in [0.15, 0.2) is 0 Å². The van der Waals surface area contributed by atoms with Gasteiger partial charge in [-0.3, -0.25) is 10.2 Å². The highest BCUT2D eigenvalue weighted by molar-refractivity contribution is 5.96. The van der Waals surface area contributed by atoms with Gasteiger partial charge in [-0.25, -0.2) is 10.2 Å². The van der Waals surface area contributed by atoms with Gasteiger partial charge in [-0.2, -0.15) is 0 Å². The normalized spacial score (nSPS) is 21.7. The van der Waals surface area contributed by atoms with Crippen LogP contribution < -0.4 is 16.2 Å². The second kappa shape index (κ2) is 6.65. The maximum Gasteiger partial charge on any atom is 0.333 e. The van der Waals surface area contributed by atoms with Gasteiger partial charge >= 0.3 is 6.03 Å². The van der Waals surface area contributed by atoms with Crippen molar-refractivity contribution in [2.24, 2.45) is 5.92 Å². The lowest BCUT2D eigenvalue weighted by molar-refractivity contribution is 0.0933. The van der Waals surface area contributed by atoms with Crippen LogP contribution in [0.2, 0.25) is 0 Å². The lowest BCUT2D eigenvalue weighted by Gasteiger charge is -2.29. The highest BCUT2D eigenvalue weighted by atomic mass is 16.3. The minimum atomic E-state index is -0.379. The zero-order valence-electron chi connectivity index (χ0n) is 12.8. The highest BCUT2D eigenvalue weighted by Gasteiger charge is 2.23. The summed E-state index contributed by atoms with van der Waals surface area (Å²) in [6.07, 6.45) is 4.47.